The van der Waals surface area contributed by atoms with Crippen molar-refractivity contribution in [3.05, 3.63) is 24.5 Å². The molecule has 0 unspecified atom stereocenters. The van der Waals surface area contributed by atoms with Crippen molar-refractivity contribution in [2.45, 2.75) is 0 Å². The van der Waals surface area contributed by atoms with Crippen LogP contribution in [-0.2, 0) is 4.74 Å². The molecular formula is C5H6N4O. The minimum Gasteiger partial charge on any atom is -0.467 e. The molecule has 0 aromatic carbocycles. The zero-order valence-electron chi connectivity index (χ0n) is 5.14. The molecule has 0 bridgehead atoms. The largest absolute Gasteiger partial charge is 0.467 e. The van der Waals surface area contributed by atoms with E-state index in [0.717, 1.165) is 0 Å². The molecule has 2 N–H and O–H groups in total. The fraction of sp³-hybridized carbons (Fsp3) is 0. The van der Waals surface area contributed by atoms with E-state index in [1.807, 2.05) is 0 Å². The summed E-state index contributed by atoms with van der Waals surface area (Å²) in [5, 5.41) is 5.03. The van der Waals surface area contributed by atoms with Crippen molar-refractivity contribution in [1.82, 2.24) is 10.0 Å². The number of fused-ring (bicyclic) bond motifs is 1. The number of nitrogens with zero attached hydrogens (tertiary/aromatic N) is 3. The molecule has 2 aliphatic rings. The summed E-state index contributed by atoms with van der Waals surface area (Å²) in [5.41, 5.74) is 0. The van der Waals surface area contributed by atoms with E-state index >= 15 is 0 Å². The summed E-state index contributed by atoms with van der Waals surface area (Å²) >= 11 is 0. The van der Waals surface area contributed by atoms with Crippen molar-refractivity contribution in [1.29, 1.82) is 0 Å². The quantitative estimate of drug-likeness (QED) is 0.468. The van der Waals surface area contributed by atoms with E-state index in [0.29, 0.717) is 5.82 Å². The zero-order chi connectivity index (χ0) is 6.97. The van der Waals surface area contributed by atoms with Crippen LogP contribution in [0.4, 0.5) is 0 Å². The molecule has 2 heterocycles. The van der Waals surface area contributed by atoms with Crippen molar-refractivity contribution >= 4 is 6.34 Å². The zero-order valence-corrected chi connectivity index (χ0v) is 5.14. The highest BCUT2D eigenvalue weighted by atomic mass is 16.5. The van der Waals surface area contributed by atoms with Gasteiger partial charge in [0.25, 0.3) is 0 Å². The van der Waals surface area contributed by atoms with Gasteiger partial charge in [-0.25, -0.2) is 5.84 Å². The summed E-state index contributed by atoms with van der Waals surface area (Å²) in [7, 11) is 0. The monoisotopic (exact) mass is 138 g/mol. The average Bonchev–Trinajstić information content (AvgIpc) is 2.34. The highest BCUT2D eigenvalue weighted by Gasteiger charge is 2.18. The second kappa shape index (κ2) is 1.74. The summed E-state index contributed by atoms with van der Waals surface area (Å²) in [6.07, 6.45) is 6.40. The fourth-order valence-corrected chi connectivity index (χ4v) is 0.778. The first kappa shape index (κ1) is 5.31. The average molecular weight is 138 g/mol. The Bertz CT molecular complexity index is 232. The van der Waals surface area contributed by atoms with E-state index in [2.05, 4.69) is 5.10 Å². The van der Waals surface area contributed by atoms with Crippen LogP contribution in [0, 0.1) is 0 Å². The summed E-state index contributed by atoms with van der Waals surface area (Å²) in [6.45, 7) is 0. The van der Waals surface area contributed by atoms with Gasteiger partial charge in [0.1, 0.15) is 18.9 Å². The van der Waals surface area contributed by atoms with Crippen LogP contribution in [0.3, 0.4) is 0 Å². The van der Waals surface area contributed by atoms with Crippen LogP contribution in [0.25, 0.3) is 0 Å². The molecule has 0 amide bonds. The lowest BCUT2D eigenvalue weighted by Gasteiger charge is -2.16. The first-order chi connectivity index (χ1) is 4.88. The van der Waals surface area contributed by atoms with Gasteiger partial charge in [-0.2, -0.15) is 5.12 Å². The smallest absolute Gasteiger partial charge is 0.187 e. The highest BCUT2D eigenvalue weighted by molar-refractivity contribution is 5.62. The van der Waals surface area contributed by atoms with Crippen molar-refractivity contribution in [3.8, 4) is 0 Å². The lowest BCUT2D eigenvalue weighted by Crippen LogP contribution is -2.27. The first-order valence-corrected chi connectivity index (χ1v) is 2.77. The minimum atomic E-state index is 0.711. The lowest BCUT2D eigenvalue weighted by molar-refractivity contribution is 0.288. The van der Waals surface area contributed by atoms with Gasteiger partial charge in [0.2, 0.25) is 0 Å². The summed E-state index contributed by atoms with van der Waals surface area (Å²) in [5.74, 6) is 6.11. The molecule has 2 rings (SSSR count). The second-order valence-corrected chi connectivity index (χ2v) is 1.88. The van der Waals surface area contributed by atoms with Gasteiger partial charge in [-0.15, -0.1) is 5.10 Å². The number of rotatable bonds is 0. The van der Waals surface area contributed by atoms with E-state index < -0.39 is 0 Å². The van der Waals surface area contributed by atoms with Gasteiger partial charge in [-0.05, 0) is 0 Å². The molecule has 10 heavy (non-hydrogen) atoms. The molecule has 0 fully saturated rings. The van der Waals surface area contributed by atoms with E-state index in [-0.39, 0.29) is 0 Å². The van der Waals surface area contributed by atoms with Gasteiger partial charge in [-0.1, -0.05) is 0 Å². The maximum Gasteiger partial charge on any atom is 0.187 e. The molecule has 0 aliphatic carbocycles. The van der Waals surface area contributed by atoms with E-state index in [4.69, 9.17) is 10.6 Å². The van der Waals surface area contributed by atoms with Crippen LogP contribution >= 0.6 is 0 Å². The number of nitrogens with two attached hydrogens (primary N) is 1. The Balaban J connectivity index is 2.30. The van der Waals surface area contributed by atoms with Gasteiger partial charge in [0, 0.05) is 6.20 Å². The van der Waals surface area contributed by atoms with Gasteiger partial charge in [0.05, 0.1) is 0 Å². The molecular weight excluding hydrogens is 132 g/mol. The highest BCUT2D eigenvalue weighted by Crippen LogP contribution is 2.15. The van der Waals surface area contributed by atoms with Crippen LogP contribution < -0.4 is 5.84 Å². The molecule has 0 aromatic heterocycles. The molecule has 0 aromatic rings. The van der Waals surface area contributed by atoms with Crippen LogP contribution in [0.15, 0.2) is 29.6 Å². The standard InChI is InChI=1S/C5H6N4O/c6-9-5-3-10-2-1-8(5)4-7-9/h1-4H,6H2. The Hall–Kier alpha value is -1.49. The Morgan fingerprint density at radius 1 is 1.60 bits per heavy atom. The molecule has 0 saturated carbocycles. The third kappa shape index (κ3) is 0.577. The van der Waals surface area contributed by atoms with Crippen LogP contribution in [0.2, 0.25) is 0 Å². The Kier molecular flexibility index (Phi) is 0.925. The van der Waals surface area contributed by atoms with E-state index in [1.54, 1.807) is 23.7 Å². The third-order valence-electron chi connectivity index (χ3n) is 1.27. The van der Waals surface area contributed by atoms with Crippen LogP contribution in [0.1, 0.15) is 0 Å². The van der Waals surface area contributed by atoms with Crippen molar-refractivity contribution < 1.29 is 4.74 Å². The van der Waals surface area contributed by atoms with Crippen LogP contribution in [-0.4, -0.2) is 16.4 Å². The lowest BCUT2D eigenvalue weighted by atomic mass is 10.6. The number of hydrazine groups is 1. The molecule has 0 spiro atoms. The van der Waals surface area contributed by atoms with Crippen molar-refractivity contribution in [3.63, 3.8) is 0 Å². The number of hydrogen-bond donors (Lipinski definition) is 1. The summed E-state index contributed by atoms with van der Waals surface area (Å²) < 4.78 is 4.87. The Morgan fingerprint density at radius 3 is 3.30 bits per heavy atom. The number of hydrazone groups is 1. The molecule has 0 radical (unpaired) electrons. The maximum atomic E-state index is 5.40. The number of ether oxygens (including phenoxy) is 1. The SMILES string of the molecule is NN1N=CN2C=COC=C21. The summed E-state index contributed by atoms with van der Waals surface area (Å²) in [6, 6.07) is 0. The van der Waals surface area contributed by atoms with Gasteiger partial charge in [0.15, 0.2) is 5.82 Å². The number of hydrogen-bond acceptors (Lipinski definition) is 5. The first-order valence-electron chi connectivity index (χ1n) is 2.77. The van der Waals surface area contributed by atoms with Crippen molar-refractivity contribution in [2.24, 2.45) is 10.9 Å². The van der Waals surface area contributed by atoms with E-state index in [9.17, 15) is 0 Å². The Labute approximate surface area is 57.6 Å². The second-order valence-electron chi connectivity index (χ2n) is 1.88. The molecule has 52 valence electrons. The van der Waals surface area contributed by atoms with Crippen LogP contribution in [0.5, 0.6) is 0 Å². The van der Waals surface area contributed by atoms with Gasteiger partial charge >= 0.3 is 0 Å². The third-order valence-corrected chi connectivity index (χ3v) is 1.27. The van der Waals surface area contributed by atoms with E-state index in [1.165, 1.54) is 11.4 Å². The Morgan fingerprint density at radius 2 is 2.50 bits per heavy atom. The molecule has 2 aliphatic heterocycles. The predicted molar refractivity (Wildman–Crippen MR) is 34.7 cm³/mol. The molecule has 0 atom stereocenters. The molecule has 0 saturated heterocycles. The molecule has 5 nitrogen and oxygen atoms in total. The maximum absolute atomic E-state index is 5.40. The van der Waals surface area contributed by atoms with Gasteiger partial charge in [-0.3, -0.25) is 4.90 Å². The topological polar surface area (TPSA) is 54.1 Å². The predicted octanol–water partition coefficient (Wildman–Crippen LogP) is -0.279. The normalized spacial score (nSPS) is 20.7. The molecule has 5 heteroatoms. The van der Waals surface area contributed by atoms with Crippen molar-refractivity contribution in [2.75, 3.05) is 0 Å². The minimum absolute atomic E-state index is 0.711. The fourth-order valence-electron chi connectivity index (χ4n) is 0.778. The van der Waals surface area contributed by atoms with Gasteiger partial charge < -0.3 is 4.74 Å². The summed E-state index contributed by atoms with van der Waals surface area (Å²) in [4.78, 5) is 1.75.